The smallest absolute Gasteiger partial charge is 0.125 e. The molecule has 0 radical (unpaired) electrons. The summed E-state index contributed by atoms with van der Waals surface area (Å²) >= 11 is 0. The fraction of sp³-hybridized carbons (Fsp3) is 0.207. The fourth-order valence-electron chi connectivity index (χ4n) is 8.46. The molecular weight excluding hydrogens is 950 g/mol. The van der Waals surface area contributed by atoms with E-state index in [4.69, 9.17) is 9.97 Å². The molecule has 0 amide bonds. The Morgan fingerprint density at radius 3 is 1.75 bits per heavy atom. The topological polar surface area (TPSA) is 50.9 Å². The second kappa shape index (κ2) is 16.6. The van der Waals surface area contributed by atoms with E-state index < -0.39 is 0 Å². The van der Waals surface area contributed by atoms with Crippen LogP contribution in [0.2, 0.25) is 0 Å². The van der Waals surface area contributed by atoms with E-state index in [0.717, 1.165) is 61.5 Å². The molecule has 0 spiro atoms. The van der Waals surface area contributed by atoms with Crippen molar-refractivity contribution in [3.8, 4) is 67.5 Å². The molecule has 0 saturated heterocycles. The summed E-state index contributed by atoms with van der Waals surface area (Å²) in [6.45, 7) is 20.1. The first-order valence-electron chi connectivity index (χ1n) is 21.6. The number of aromatic nitrogens is 3. The van der Waals surface area contributed by atoms with Crippen molar-refractivity contribution in [2.75, 3.05) is 0 Å². The first kappa shape index (κ1) is 43.6. The van der Waals surface area contributed by atoms with Gasteiger partial charge in [0.2, 0.25) is 0 Å². The van der Waals surface area contributed by atoms with Gasteiger partial charge in [0.25, 0.3) is 0 Å². The maximum Gasteiger partial charge on any atom is 0.125 e. The van der Waals surface area contributed by atoms with Gasteiger partial charge in [-0.2, -0.15) is 0 Å². The quantitative estimate of drug-likeness (QED) is 0.169. The van der Waals surface area contributed by atoms with Crippen LogP contribution in [0.1, 0.15) is 79.0 Å². The number of benzene rings is 6. The molecule has 0 aliphatic heterocycles. The molecule has 0 unspecified atom stereocenters. The van der Waals surface area contributed by atoms with Crippen LogP contribution in [0.5, 0.6) is 5.75 Å². The zero-order valence-electron chi connectivity index (χ0n) is 37.6. The number of phenolic OH excluding ortho intramolecular Hbond substituents is 1. The van der Waals surface area contributed by atoms with Crippen LogP contribution >= 0.6 is 0 Å². The van der Waals surface area contributed by atoms with Crippen LogP contribution in [-0.2, 0) is 37.3 Å². The van der Waals surface area contributed by atoms with E-state index in [1.807, 2.05) is 18.3 Å². The van der Waals surface area contributed by atoms with Gasteiger partial charge >= 0.3 is 0 Å². The third-order valence-corrected chi connectivity index (χ3v) is 12.1. The minimum Gasteiger partial charge on any atom is -0.507 e. The largest absolute Gasteiger partial charge is 0.507 e. The van der Waals surface area contributed by atoms with Crippen molar-refractivity contribution in [2.45, 2.75) is 78.6 Å². The molecule has 0 fully saturated rings. The Hall–Kier alpha value is -6.09. The molecule has 5 heteroatoms. The molecule has 0 aliphatic rings. The third-order valence-electron chi connectivity index (χ3n) is 12.1. The summed E-state index contributed by atoms with van der Waals surface area (Å²) in [4.78, 5) is 10.2. The van der Waals surface area contributed by atoms with Crippen LogP contribution in [0, 0.1) is 6.07 Å². The number of nitrogens with zero attached hydrogens (tertiary/aromatic N) is 3. The molecular formula is C58H54N3OPt-. The Morgan fingerprint density at radius 1 is 0.476 bits per heavy atom. The van der Waals surface area contributed by atoms with E-state index in [1.54, 1.807) is 0 Å². The Labute approximate surface area is 387 Å². The predicted molar refractivity (Wildman–Crippen MR) is 260 cm³/mol. The first-order valence-corrected chi connectivity index (χ1v) is 21.6. The van der Waals surface area contributed by atoms with Crippen LogP contribution in [0.4, 0.5) is 0 Å². The first-order chi connectivity index (χ1) is 29.5. The van der Waals surface area contributed by atoms with Crippen molar-refractivity contribution in [1.82, 2.24) is 14.5 Å². The number of aromatic hydroxyl groups is 1. The van der Waals surface area contributed by atoms with E-state index in [0.29, 0.717) is 11.3 Å². The van der Waals surface area contributed by atoms with Crippen LogP contribution in [0.15, 0.2) is 158 Å². The van der Waals surface area contributed by atoms with Gasteiger partial charge in [-0.15, -0.1) is 24.3 Å². The van der Waals surface area contributed by atoms with Gasteiger partial charge in [0.05, 0.1) is 16.7 Å². The second-order valence-electron chi connectivity index (χ2n) is 19.7. The van der Waals surface area contributed by atoms with Crippen molar-refractivity contribution in [2.24, 2.45) is 0 Å². The normalized spacial score (nSPS) is 12.1. The molecule has 9 rings (SSSR count). The molecule has 0 atom stereocenters. The molecule has 0 saturated carbocycles. The number of phenols is 1. The second-order valence-corrected chi connectivity index (χ2v) is 19.7. The zero-order valence-corrected chi connectivity index (χ0v) is 39.9. The summed E-state index contributed by atoms with van der Waals surface area (Å²) in [5.41, 5.74) is 15.9. The number of fused-ring (bicyclic) bond motifs is 3. The minimum atomic E-state index is -0.110. The average Bonchev–Trinajstić information content (AvgIpc) is 3.60. The van der Waals surface area contributed by atoms with Crippen molar-refractivity contribution >= 4 is 21.8 Å². The molecule has 63 heavy (non-hydrogen) atoms. The fourth-order valence-corrected chi connectivity index (χ4v) is 8.46. The van der Waals surface area contributed by atoms with Gasteiger partial charge in [0.1, 0.15) is 5.75 Å². The Bertz CT molecular complexity index is 3110. The third kappa shape index (κ3) is 8.54. The van der Waals surface area contributed by atoms with Crippen molar-refractivity contribution in [3.05, 3.63) is 181 Å². The van der Waals surface area contributed by atoms with Gasteiger partial charge in [-0.25, -0.2) is 0 Å². The summed E-state index contributed by atoms with van der Waals surface area (Å²) < 4.78 is 2.37. The Morgan fingerprint density at radius 2 is 1.06 bits per heavy atom. The summed E-state index contributed by atoms with van der Waals surface area (Å²) in [7, 11) is 0. The van der Waals surface area contributed by atoms with Gasteiger partial charge in [0.15, 0.2) is 0 Å². The zero-order chi connectivity index (χ0) is 43.6. The van der Waals surface area contributed by atoms with Gasteiger partial charge in [-0.1, -0.05) is 164 Å². The predicted octanol–water partition coefficient (Wildman–Crippen LogP) is 15.3. The molecule has 9 aromatic rings. The Balaban J connectivity index is 0.00000544. The van der Waals surface area contributed by atoms with E-state index in [1.165, 1.54) is 27.4 Å². The Kier molecular flexibility index (Phi) is 11.4. The average molecular weight is 1000 g/mol. The van der Waals surface area contributed by atoms with Gasteiger partial charge in [-0.3, -0.25) is 9.97 Å². The number of pyridine rings is 2. The number of para-hydroxylation sites is 3. The van der Waals surface area contributed by atoms with E-state index >= 15 is 0 Å². The SMILES string of the molecule is CC(C)(C)c1cc(-c2cc(-c3[c-]c(-c4cc(-c5cccc6c7ccccc7n(-c7ccccc7)c56)ccn4)ccc3)nc(-c3ccc(C(C)(C)C)cc3O)c2)cc(C(C)(C)C)c1.[Pt]. The van der Waals surface area contributed by atoms with Crippen molar-refractivity contribution in [1.29, 1.82) is 0 Å². The monoisotopic (exact) mass is 1000 g/mol. The maximum atomic E-state index is 11.6. The molecule has 0 bridgehead atoms. The van der Waals surface area contributed by atoms with Crippen LogP contribution in [0.3, 0.4) is 0 Å². The maximum absolute atomic E-state index is 11.6. The minimum absolute atomic E-state index is 0. The summed E-state index contributed by atoms with van der Waals surface area (Å²) in [5, 5.41) is 14.0. The molecule has 3 heterocycles. The van der Waals surface area contributed by atoms with Gasteiger partial charge < -0.3 is 9.67 Å². The molecule has 4 nitrogen and oxygen atoms in total. The molecule has 318 valence electrons. The van der Waals surface area contributed by atoms with Crippen LogP contribution in [-0.4, -0.2) is 19.6 Å². The van der Waals surface area contributed by atoms with Crippen molar-refractivity contribution in [3.63, 3.8) is 0 Å². The molecule has 6 aromatic carbocycles. The van der Waals surface area contributed by atoms with Crippen LogP contribution < -0.4 is 0 Å². The van der Waals surface area contributed by atoms with E-state index in [9.17, 15) is 5.11 Å². The van der Waals surface area contributed by atoms with Crippen LogP contribution in [0.25, 0.3) is 83.5 Å². The van der Waals surface area contributed by atoms with E-state index in [-0.39, 0.29) is 43.1 Å². The standard InChI is InChI=1S/C58H54N3O.Pt/c1-56(2,3)42-25-26-49(54(62)36-42)52-34-41(40-30-43(57(4,5)6)35-44(31-40)58(7,8)9)33-51(60-52)39-18-15-17-38(29-39)50-32-37(27-28-59-50)46-22-16-23-48-47-21-13-14-24-53(47)61(55(46)48)45-19-11-10-12-20-45;/h10-28,30-36,62H,1-9H3;/q-1;. The molecule has 0 aliphatic carbocycles. The summed E-state index contributed by atoms with van der Waals surface area (Å²) in [5.74, 6) is 0.215. The van der Waals surface area contributed by atoms with Crippen molar-refractivity contribution < 1.29 is 26.2 Å². The molecule has 3 aromatic heterocycles. The number of rotatable bonds is 6. The number of hydrogen-bond acceptors (Lipinski definition) is 3. The summed E-state index contributed by atoms with van der Waals surface area (Å²) in [6.07, 6.45) is 1.90. The molecule has 1 N–H and O–H groups in total. The number of hydrogen-bond donors (Lipinski definition) is 1. The van der Waals surface area contributed by atoms with Gasteiger partial charge in [-0.05, 0) is 92.1 Å². The van der Waals surface area contributed by atoms with Gasteiger partial charge in [0, 0.05) is 66.2 Å². The summed E-state index contributed by atoms with van der Waals surface area (Å²) in [6, 6.07) is 57.3. The van der Waals surface area contributed by atoms with E-state index in [2.05, 4.69) is 212 Å².